The van der Waals surface area contributed by atoms with E-state index < -0.39 is 21.2 Å². The van der Waals surface area contributed by atoms with Crippen LogP contribution < -0.4 is 4.72 Å². The second kappa shape index (κ2) is 10.1. The third kappa shape index (κ3) is 6.68. The van der Waals surface area contributed by atoms with Crippen LogP contribution in [0.5, 0.6) is 0 Å². The van der Waals surface area contributed by atoms with Crippen LogP contribution in [-0.4, -0.2) is 49.2 Å². The lowest BCUT2D eigenvalue weighted by Crippen LogP contribution is -2.46. The van der Waals surface area contributed by atoms with E-state index in [2.05, 4.69) is 4.72 Å². The second-order valence-corrected chi connectivity index (χ2v) is 11.9. The van der Waals surface area contributed by atoms with Gasteiger partial charge in [-0.1, -0.05) is 44.2 Å². The molecule has 2 N–H and O–H groups in total. The number of rotatable bonds is 4. The van der Waals surface area contributed by atoms with Crippen molar-refractivity contribution in [1.82, 2.24) is 9.62 Å². The van der Waals surface area contributed by atoms with Gasteiger partial charge in [0.25, 0.3) is 0 Å². The predicted octanol–water partition coefficient (Wildman–Crippen LogP) is 4.30. The molecule has 3 rings (SSSR count). The molecule has 1 saturated carbocycles. The molecule has 0 atom stereocenters. The molecule has 32 heavy (non-hydrogen) atoms. The Morgan fingerprint density at radius 3 is 2.09 bits per heavy atom. The summed E-state index contributed by atoms with van der Waals surface area (Å²) in [6.07, 6.45) is 7.81. The van der Waals surface area contributed by atoms with Crippen molar-refractivity contribution in [2.45, 2.75) is 101 Å². The summed E-state index contributed by atoms with van der Waals surface area (Å²) in [7, 11) is -3.59. The van der Waals surface area contributed by atoms with Gasteiger partial charge in [-0.25, -0.2) is 17.9 Å². The van der Waals surface area contributed by atoms with E-state index in [4.69, 9.17) is 4.74 Å². The van der Waals surface area contributed by atoms with Crippen molar-refractivity contribution in [3.8, 4) is 0 Å². The first-order chi connectivity index (χ1) is 15.0. The van der Waals surface area contributed by atoms with Gasteiger partial charge in [0.15, 0.2) is 0 Å². The minimum Gasteiger partial charge on any atom is -0.444 e. The molecule has 1 aromatic rings. The minimum absolute atomic E-state index is 0.0126. The SMILES string of the molecule is CC(C)(C)OC(=O)N1CCC(O)(c2ccc(S(=O)(=O)NC3CCCCCCC3)cc2)CC1. The van der Waals surface area contributed by atoms with E-state index in [-0.39, 0.29) is 17.0 Å². The van der Waals surface area contributed by atoms with Crippen LogP contribution in [0.25, 0.3) is 0 Å². The van der Waals surface area contributed by atoms with Crippen LogP contribution in [0.4, 0.5) is 4.79 Å². The van der Waals surface area contributed by atoms with Gasteiger partial charge in [-0.15, -0.1) is 0 Å². The highest BCUT2D eigenvalue weighted by Gasteiger charge is 2.37. The summed E-state index contributed by atoms with van der Waals surface area (Å²) in [6, 6.07) is 6.50. The van der Waals surface area contributed by atoms with Gasteiger partial charge in [0.05, 0.1) is 10.5 Å². The summed E-state index contributed by atoms with van der Waals surface area (Å²) in [4.78, 5) is 14.1. The summed E-state index contributed by atoms with van der Waals surface area (Å²) in [6.45, 7) is 6.25. The largest absolute Gasteiger partial charge is 0.444 e. The van der Waals surface area contributed by atoms with Gasteiger partial charge in [0, 0.05) is 19.1 Å². The fourth-order valence-electron chi connectivity index (χ4n) is 4.48. The van der Waals surface area contributed by atoms with Crippen LogP contribution in [0.15, 0.2) is 29.2 Å². The molecule has 0 spiro atoms. The Labute approximate surface area is 192 Å². The summed E-state index contributed by atoms with van der Waals surface area (Å²) < 4.78 is 34.0. The number of benzene rings is 1. The molecular formula is C24H38N2O5S. The maximum Gasteiger partial charge on any atom is 0.410 e. The number of ether oxygens (including phenoxy) is 1. The monoisotopic (exact) mass is 466 g/mol. The molecule has 1 aliphatic heterocycles. The molecule has 1 heterocycles. The van der Waals surface area contributed by atoms with Gasteiger partial charge in [0.2, 0.25) is 10.0 Å². The van der Waals surface area contributed by atoms with Gasteiger partial charge in [0.1, 0.15) is 5.60 Å². The number of likely N-dealkylation sites (tertiary alicyclic amines) is 1. The zero-order valence-corrected chi connectivity index (χ0v) is 20.4. The summed E-state index contributed by atoms with van der Waals surface area (Å²) in [5.41, 5.74) is -0.976. The third-order valence-electron chi connectivity index (χ3n) is 6.37. The highest BCUT2D eigenvalue weighted by Crippen LogP contribution is 2.34. The Bertz CT molecular complexity index is 861. The number of hydrogen-bond donors (Lipinski definition) is 2. The number of carbonyl (C=O) groups is 1. The maximum absolute atomic E-state index is 12.9. The van der Waals surface area contributed by atoms with Crippen molar-refractivity contribution in [3.63, 3.8) is 0 Å². The zero-order chi connectivity index (χ0) is 23.4. The number of piperidine rings is 1. The van der Waals surface area contributed by atoms with Crippen molar-refractivity contribution >= 4 is 16.1 Å². The normalized spacial score (nSPS) is 20.9. The van der Waals surface area contributed by atoms with E-state index in [9.17, 15) is 18.3 Å². The lowest BCUT2D eigenvalue weighted by molar-refractivity contribution is -0.0356. The number of amides is 1. The smallest absolute Gasteiger partial charge is 0.410 e. The van der Waals surface area contributed by atoms with Gasteiger partial charge >= 0.3 is 6.09 Å². The molecule has 2 aliphatic rings. The molecule has 0 unspecified atom stereocenters. The number of nitrogens with one attached hydrogen (secondary N) is 1. The molecule has 1 aromatic carbocycles. The molecule has 7 nitrogen and oxygen atoms in total. The standard InChI is InChI=1S/C24H38N2O5S/c1-23(2,3)31-22(27)26-17-15-24(28,16-18-26)19-11-13-21(14-12-19)32(29,30)25-20-9-7-5-4-6-8-10-20/h11-14,20,25,28H,4-10,15-18H2,1-3H3. The molecule has 8 heteroatoms. The predicted molar refractivity (Wildman–Crippen MR) is 124 cm³/mol. The van der Waals surface area contributed by atoms with Crippen LogP contribution in [0.3, 0.4) is 0 Å². The Balaban J connectivity index is 1.61. The van der Waals surface area contributed by atoms with Crippen molar-refractivity contribution in [3.05, 3.63) is 29.8 Å². The lowest BCUT2D eigenvalue weighted by atomic mass is 9.84. The average molecular weight is 467 g/mol. The number of sulfonamides is 1. The molecule has 0 radical (unpaired) electrons. The Morgan fingerprint density at radius 1 is 1.03 bits per heavy atom. The average Bonchev–Trinajstić information content (AvgIpc) is 2.69. The van der Waals surface area contributed by atoms with Gasteiger partial charge in [-0.2, -0.15) is 0 Å². The van der Waals surface area contributed by atoms with Crippen molar-refractivity contribution in [2.75, 3.05) is 13.1 Å². The van der Waals surface area contributed by atoms with Crippen LogP contribution in [0.2, 0.25) is 0 Å². The third-order valence-corrected chi connectivity index (χ3v) is 7.91. The van der Waals surface area contributed by atoms with Crippen LogP contribution >= 0.6 is 0 Å². The van der Waals surface area contributed by atoms with E-state index in [1.165, 1.54) is 6.42 Å². The quantitative estimate of drug-likeness (QED) is 0.690. The first-order valence-corrected chi connectivity index (χ1v) is 13.3. The Morgan fingerprint density at radius 2 is 1.56 bits per heavy atom. The molecule has 0 aromatic heterocycles. The molecule has 180 valence electrons. The van der Waals surface area contributed by atoms with E-state index in [1.54, 1.807) is 29.2 Å². The van der Waals surface area contributed by atoms with E-state index in [0.29, 0.717) is 31.5 Å². The van der Waals surface area contributed by atoms with E-state index >= 15 is 0 Å². The zero-order valence-electron chi connectivity index (χ0n) is 19.6. The summed E-state index contributed by atoms with van der Waals surface area (Å²) in [5, 5.41) is 11.1. The minimum atomic E-state index is -3.59. The van der Waals surface area contributed by atoms with Crippen molar-refractivity contribution in [2.24, 2.45) is 0 Å². The van der Waals surface area contributed by atoms with Gasteiger partial charge in [-0.05, 0) is 64.2 Å². The number of aliphatic hydroxyl groups is 1. The Hall–Kier alpha value is -1.64. The van der Waals surface area contributed by atoms with E-state index in [1.807, 2.05) is 20.8 Å². The van der Waals surface area contributed by atoms with Crippen LogP contribution in [-0.2, 0) is 20.4 Å². The summed E-state index contributed by atoms with van der Waals surface area (Å²) >= 11 is 0. The van der Waals surface area contributed by atoms with Crippen molar-refractivity contribution in [1.29, 1.82) is 0 Å². The highest BCUT2D eigenvalue weighted by molar-refractivity contribution is 7.89. The topological polar surface area (TPSA) is 95.9 Å². The number of nitrogens with zero attached hydrogens (tertiary/aromatic N) is 1. The number of carbonyl (C=O) groups excluding carboxylic acids is 1. The maximum atomic E-state index is 12.9. The Kier molecular flexibility index (Phi) is 7.89. The molecule has 2 fully saturated rings. The molecule has 1 amide bonds. The lowest BCUT2D eigenvalue weighted by Gasteiger charge is -2.39. The fourth-order valence-corrected chi connectivity index (χ4v) is 5.79. The van der Waals surface area contributed by atoms with Crippen LogP contribution in [0.1, 0.15) is 84.1 Å². The fraction of sp³-hybridized carbons (Fsp3) is 0.708. The molecule has 1 saturated heterocycles. The molecule has 0 bridgehead atoms. The number of hydrogen-bond acceptors (Lipinski definition) is 5. The highest BCUT2D eigenvalue weighted by atomic mass is 32.2. The van der Waals surface area contributed by atoms with Gasteiger partial charge < -0.3 is 14.7 Å². The van der Waals surface area contributed by atoms with Crippen LogP contribution in [0, 0.1) is 0 Å². The summed E-state index contributed by atoms with van der Waals surface area (Å²) in [5.74, 6) is 0. The first-order valence-electron chi connectivity index (χ1n) is 11.8. The second-order valence-electron chi connectivity index (χ2n) is 10.2. The van der Waals surface area contributed by atoms with Crippen molar-refractivity contribution < 1.29 is 23.1 Å². The molecular weight excluding hydrogens is 428 g/mol. The van der Waals surface area contributed by atoms with Gasteiger partial charge in [-0.3, -0.25) is 0 Å². The van der Waals surface area contributed by atoms with E-state index in [0.717, 1.165) is 38.5 Å². The molecule has 1 aliphatic carbocycles. The first kappa shape index (κ1) is 25.0.